The lowest BCUT2D eigenvalue weighted by atomic mass is 10.1. The van der Waals surface area contributed by atoms with E-state index in [1.54, 1.807) is 24.3 Å². The molecule has 0 amide bonds. The van der Waals surface area contributed by atoms with Gasteiger partial charge in [0.05, 0.1) is 5.56 Å². The minimum absolute atomic E-state index is 0.0176. The molecule has 2 nitrogen and oxygen atoms in total. The second-order valence-electron chi connectivity index (χ2n) is 4.39. The zero-order chi connectivity index (χ0) is 14.9. The molecule has 20 heavy (non-hydrogen) atoms. The summed E-state index contributed by atoms with van der Waals surface area (Å²) in [6, 6.07) is 9.22. The predicted molar refractivity (Wildman–Crippen MR) is 78.0 cm³/mol. The molecule has 0 aliphatic carbocycles. The summed E-state index contributed by atoms with van der Waals surface area (Å²) in [6.45, 7) is 1.84. The Hall–Kier alpha value is -1.69. The van der Waals surface area contributed by atoms with Crippen molar-refractivity contribution in [3.05, 3.63) is 52.0 Å². The highest BCUT2D eigenvalue weighted by molar-refractivity contribution is 9.10. The molecule has 106 valence electrons. The molecule has 0 aliphatic rings. The average Bonchev–Trinajstić information content (AvgIpc) is 2.35. The fourth-order valence-electron chi connectivity index (χ4n) is 1.74. The van der Waals surface area contributed by atoms with E-state index in [1.165, 1.54) is 6.07 Å². The van der Waals surface area contributed by atoms with Crippen LogP contribution in [0, 0.1) is 6.92 Å². The van der Waals surface area contributed by atoms with E-state index in [4.69, 9.17) is 5.73 Å². The summed E-state index contributed by atoms with van der Waals surface area (Å²) in [4.78, 5) is 0. The molecular formula is C14H12BrF3N2. The summed E-state index contributed by atoms with van der Waals surface area (Å²) >= 11 is 2.91. The van der Waals surface area contributed by atoms with E-state index < -0.39 is 11.7 Å². The first-order chi connectivity index (χ1) is 9.27. The van der Waals surface area contributed by atoms with Crippen LogP contribution in [0.25, 0.3) is 0 Å². The standard InChI is InChI=1S/C14H12BrF3N2/c1-8-6-9(3-5-13(8)19)20-10-2-4-12(15)11(7-10)14(16,17)18/h2-7,20H,19H2,1H3. The topological polar surface area (TPSA) is 38.0 Å². The van der Waals surface area contributed by atoms with E-state index in [-0.39, 0.29) is 4.47 Å². The minimum Gasteiger partial charge on any atom is -0.399 e. The predicted octanol–water partition coefficient (Wildman–Crippen LogP) is 5.10. The van der Waals surface area contributed by atoms with E-state index in [1.807, 2.05) is 6.92 Å². The van der Waals surface area contributed by atoms with Crippen molar-refractivity contribution < 1.29 is 13.2 Å². The van der Waals surface area contributed by atoms with Gasteiger partial charge in [-0.2, -0.15) is 13.2 Å². The average molecular weight is 345 g/mol. The maximum Gasteiger partial charge on any atom is 0.417 e. The van der Waals surface area contributed by atoms with Gasteiger partial charge >= 0.3 is 6.18 Å². The number of nitrogen functional groups attached to an aromatic ring is 1. The van der Waals surface area contributed by atoms with Crippen LogP contribution in [0.2, 0.25) is 0 Å². The van der Waals surface area contributed by atoms with E-state index in [0.717, 1.165) is 11.6 Å². The van der Waals surface area contributed by atoms with Crippen molar-refractivity contribution in [2.75, 3.05) is 11.1 Å². The van der Waals surface area contributed by atoms with Crippen LogP contribution in [0.4, 0.5) is 30.2 Å². The molecule has 0 bridgehead atoms. The van der Waals surface area contributed by atoms with Gasteiger partial charge in [-0.25, -0.2) is 0 Å². The zero-order valence-electron chi connectivity index (χ0n) is 10.6. The smallest absolute Gasteiger partial charge is 0.399 e. The molecule has 0 aliphatic heterocycles. The number of rotatable bonds is 2. The lowest BCUT2D eigenvalue weighted by Crippen LogP contribution is -2.06. The molecule has 0 aromatic heterocycles. The lowest BCUT2D eigenvalue weighted by Gasteiger charge is -2.13. The van der Waals surface area contributed by atoms with Crippen LogP contribution in [0.1, 0.15) is 11.1 Å². The summed E-state index contributed by atoms with van der Waals surface area (Å²) < 4.78 is 38.4. The van der Waals surface area contributed by atoms with Crippen molar-refractivity contribution in [3.63, 3.8) is 0 Å². The number of benzene rings is 2. The number of alkyl halides is 3. The first-order valence-corrected chi connectivity index (χ1v) is 6.56. The van der Waals surface area contributed by atoms with Crippen LogP contribution in [-0.4, -0.2) is 0 Å². The summed E-state index contributed by atoms with van der Waals surface area (Å²) in [6.07, 6.45) is -4.40. The van der Waals surface area contributed by atoms with Crippen LogP contribution < -0.4 is 11.1 Å². The van der Waals surface area contributed by atoms with Gasteiger partial charge in [0.1, 0.15) is 0 Å². The first-order valence-electron chi connectivity index (χ1n) is 5.77. The second kappa shape index (κ2) is 5.36. The van der Waals surface area contributed by atoms with Gasteiger partial charge in [0.15, 0.2) is 0 Å². The molecule has 0 atom stereocenters. The third-order valence-corrected chi connectivity index (χ3v) is 3.52. The fourth-order valence-corrected chi connectivity index (χ4v) is 2.21. The number of hydrogen-bond acceptors (Lipinski definition) is 2. The van der Waals surface area contributed by atoms with Gasteiger partial charge in [-0.3, -0.25) is 0 Å². The molecule has 0 unspecified atom stereocenters. The van der Waals surface area contributed by atoms with Crippen LogP contribution >= 0.6 is 15.9 Å². The Morgan fingerprint density at radius 3 is 2.25 bits per heavy atom. The third-order valence-electron chi connectivity index (χ3n) is 2.83. The number of hydrogen-bond donors (Lipinski definition) is 2. The highest BCUT2D eigenvalue weighted by Crippen LogP contribution is 2.37. The summed E-state index contributed by atoms with van der Waals surface area (Å²) in [5.41, 5.74) is 7.54. The molecule has 0 spiro atoms. The normalized spacial score (nSPS) is 11.4. The van der Waals surface area contributed by atoms with Crippen LogP contribution in [0.3, 0.4) is 0 Å². The monoisotopic (exact) mass is 344 g/mol. The number of nitrogens with two attached hydrogens (primary N) is 1. The molecule has 6 heteroatoms. The largest absolute Gasteiger partial charge is 0.417 e. The second-order valence-corrected chi connectivity index (χ2v) is 5.24. The minimum atomic E-state index is -4.40. The molecular weight excluding hydrogens is 333 g/mol. The Balaban J connectivity index is 2.32. The van der Waals surface area contributed by atoms with Gasteiger partial charge < -0.3 is 11.1 Å². The Bertz CT molecular complexity index is 639. The zero-order valence-corrected chi connectivity index (χ0v) is 12.1. The molecule has 2 aromatic rings. The number of anilines is 3. The van der Waals surface area contributed by atoms with Crippen molar-refractivity contribution in [3.8, 4) is 0 Å². The molecule has 2 aromatic carbocycles. The fraction of sp³-hybridized carbons (Fsp3) is 0.143. The van der Waals surface area contributed by atoms with Gasteiger partial charge in [-0.15, -0.1) is 0 Å². The first kappa shape index (κ1) is 14.7. The van der Waals surface area contributed by atoms with Crippen molar-refractivity contribution >= 4 is 33.0 Å². The molecule has 0 saturated heterocycles. The van der Waals surface area contributed by atoms with Crippen LogP contribution in [0.5, 0.6) is 0 Å². The third kappa shape index (κ3) is 3.25. The quantitative estimate of drug-likeness (QED) is 0.743. The summed E-state index contributed by atoms with van der Waals surface area (Å²) in [5.74, 6) is 0. The van der Waals surface area contributed by atoms with Gasteiger partial charge in [-0.1, -0.05) is 15.9 Å². The van der Waals surface area contributed by atoms with Gasteiger partial charge in [0.2, 0.25) is 0 Å². The van der Waals surface area contributed by atoms with E-state index in [2.05, 4.69) is 21.2 Å². The Labute approximate surface area is 122 Å². The van der Waals surface area contributed by atoms with E-state index >= 15 is 0 Å². The van der Waals surface area contributed by atoms with Gasteiger partial charge in [0.25, 0.3) is 0 Å². The summed E-state index contributed by atoms with van der Waals surface area (Å²) in [5, 5.41) is 2.94. The van der Waals surface area contributed by atoms with Crippen molar-refractivity contribution in [1.29, 1.82) is 0 Å². The highest BCUT2D eigenvalue weighted by atomic mass is 79.9. The maximum atomic E-state index is 12.8. The lowest BCUT2D eigenvalue weighted by molar-refractivity contribution is -0.138. The Kier molecular flexibility index (Phi) is 3.94. The molecule has 2 rings (SSSR count). The number of aryl methyl sites for hydroxylation is 1. The van der Waals surface area contributed by atoms with Gasteiger partial charge in [-0.05, 0) is 48.9 Å². The summed E-state index contributed by atoms with van der Waals surface area (Å²) in [7, 11) is 0. The Morgan fingerprint density at radius 2 is 1.65 bits per heavy atom. The molecule has 3 N–H and O–H groups in total. The van der Waals surface area contributed by atoms with E-state index in [9.17, 15) is 13.2 Å². The van der Waals surface area contributed by atoms with E-state index in [0.29, 0.717) is 17.1 Å². The van der Waals surface area contributed by atoms with Crippen molar-refractivity contribution in [2.45, 2.75) is 13.1 Å². The van der Waals surface area contributed by atoms with Crippen molar-refractivity contribution in [1.82, 2.24) is 0 Å². The number of nitrogens with one attached hydrogen (secondary N) is 1. The van der Waals surface area contributed by atoms with Crippen LogP contribution in [-0.2, 0) is 6.18 Å². The van der Waals surface area contributed by atoms with Crippen molar-refractivity contribution in [2.24, 2.45) is 0 Å². The number of halogens is 4. The highest BCUT2D eigenvalue weighted by Gasteiger charge is 2.33. The van der Waals surface area contributed by atoms with Crippen LogP contribution in [0.15, 0.2) is 40.9 Å². The van der Waals surface area contributed by atoms with Gasteiger partial charge in [0, 0.05) is 21.5 Å². The maximum absolute atomic E-state index is 12.8. The Morgan fingerprint density at radius 1 is 1.05 bits per heavy atom. The molecule has 0 radical (unpaired) electrons. The SMILES string of the molecule is Cc1cc(Nc2ccc(Br)c(C(F)(F)F)c2)ccc1N. The molecule has 0 fully saturated rings. The molecule has 0 saturated carbocycles. The molecule has 0 heterocycles.